The average molecular weight is 335 g/mol. The summed E-state index contributed by atoms with van der Waals surface area (Å²) in [6.45, 7) is 6.49. The van der Waals surface area contributed by atoms with Crippen molar-refractivity contribution in [1.82, 2.24) is 5.43 Å². The quantitative estimate of drug-likeness (QED) is 0.581. The first-order valence-corrected chi connectivity index (χ1v) is 8.43. The van der Waals surface area contributed by atoms with Crippen molar-refractivity contribution < 1.29 is 4.79 Å². The Kier molecular flexibility index (Phi) is 6.96. The molecule has 0 aliphatic heterocycles. The van der Waals surface area contributed by atoms with E-state index in [0.717, 1.165) is 16.8 Å². The summed E-state index contributed by atoms with van der Waals surface area (Å²) in [4.78, 5) is 11.8. The molecular weight excluding hydrogens is 310 g/mol. The molecule has 0 fully saturated rings. The Morgan fingerprint density at radius 1 is 1.08 bits per heavy atom. The smallest absolute Gasteiger partial charge is 0.259 e. The van der Waals surface area contributed by atoms with E-state index in [1.54, 1.807) is 6.21 Å². The first-order chi connectivity index (χ1) is 12.0. The monoisotopic (exact) mass is 335 g/mol. The molecule has 0 aliphatic carbocycles. The predicted octanol–water partition coefficient (Wildman–Crippen LogP) is 4.43. The molecule has 1 amide bonds. The van der Waals surface area contributed by atoms with E-state index in [-0.39, 0.29) is 12.5 Å². The molecule has 0 saturated carbocycles. The molecular formula is C21H25N3O. The van der Waals surface area contributed by atoms with Crippen molar-refractivity contribution in [3.05, 3.63) is 71.3 Å². The van der Waals surface area contributed by atoms with Crippen LogP contribution in [-0.2, 0) is 4.79 Å². The lowest BCUT2D eigenvalue weighted by molar-refractivity contribution is -0.119. The summed E-state index contributed by atoms with van der Waals surface area (Å²) in [7, 11) is 0. The van der Waals surface area contributed by atoms with Gasteiger partial charge in [-0.05, 0) is 41.7 Å². The van der Waals surface area contributed by atoms with Gasteiger partial charge in [0.25, 0.3) is 5.91 Å². The van der Waals surface area contributed by atoms with E-state index in [1.165, 1.54) is 5.56 Å². The Balaban J connectivity index is 1.80. The number of benzene rings is 2. The van der Waals surface area contributed by atoms with E-state index >= 15 is 0 Å². The molecule has 0 radical (unpaired) electrons. The maximum atomic E-state index is 11.8. The lowest BCUT2D eigenvalue weighted by atomic mass is 10.0. The number of para-hydroxylation sites is 1. The van der Waals surface area contributed by atoms with Crippen molar-refractivity contribution in [2.75, 3.05) is 11.9 Å². The number of allylic oxidation sites excluding steroid dienone is 1. The van der Waals surface area contributed by atoms with Crippen LogP contribution in [0.1, 0.15) is 37.8 Å². The molecule has 0 aliphatic rings. The molecule has 2 N–H and O–H groups in total. The molecule has 4 nitrogen and oxygen atoms in total. The zero-order chi connectivity index (χ0) is 18.1. The van der Waals surface area contributed by atoms with Crippen LogP contribution in [0.4, 0.5) is 5.69 Å². The summed E-state index contributed by atoms with van der Waals surface area (Å²) < 4.78 is 0. The number of carbonyl (C=O) groups is 1. The van der Waals surface area contributed by atoms with E-state index in [2.05, 4.69) is 54.0 Å². The molecule has 0 unspecified atom stereocenters. The Labute approximate surface area is 149 Å². The van der Waals surface area contributed by atoms with Crippen molar-refractivity contribution in [1.29, 1.82) is 0 Å². The third kappa shape index (κ3) is 6.63. The molecule has 25 heavy (non-hydrogen) atoms. The highest BCUT2D eigenvalue weighted by Gasteiger charge is 1.99. The molecule has 0 bridgehead atoms. The van der Waals surface area contributed by atoms with Crippen LogP contribution < -0.4 is 10.7 Å². The van der Waals surface area contributed by atoms with Crippen LogP contribution in [0.5, 0.6) is 0 Å². The zero-order valence-corrected chi connectivity index (χ0v) is 15.0. The van der Waals surface area contributed by atoms with Crippen molar-refractivity contribution in [2.45, 2.75) is 26.7 Å². The lowest BCUT2D eigenvalue weighted by Gasteiger charge is -2.05. The lowest BCUT2D eigenvalue weighted by Crippen LogP contribution is -2.25. The number of hydrogen-bond donors (Lipinski definition) is 2. The maximum Gasteiger partial charge on any atom is 0.259 e. The second-order valence-corrected chi connectivity index (χ2v) is 6.22. The molecule has 2 rings (SSSR count). The van der Waals surface area contributed by atoms with Gasteiger partial charge in [-0.2, -0.15) is 5.10 Å². The first-order valence-electron chi connectivity index (χ1n) is 8.43. The van der Waals surface area contributed by atoms with Crippen LogP contribution in [0.2, 0.25) is 0 Å². The minimum atomic E-state index is -0.186. The van der Waals surface area contributed by atoms with Crippen LogP contribution in [-0.4, -0.2) is 18.7 Å². The van der Waals surface area contributed by atoms with Crippen LogP contribution >= 0.6 is 0 Å². The van der Waals surface area contributed by atoms with Gasteiger partial charge in [0.2, 0.25) is 0 Å². The van der Waals surface area contributed by atoms with E-state index in [4.69, 9.17) is 0 Å². The number of nitrogens with one attached hydrogen (secondary N) is 2. The van der Waals surface area contributed by atoms with Crippen molar-refractivity contribution >= 4 is 23.9 Å². The third-order valence-corrected chi connectivity index (χ3v) is 3.68. The standard InChI is InChI=1S/C21H25N3O/c1-16(2)19-11-9-18(10-12-19)13-17(3)14-23-24-21(25)15-22-20-7-5-4-6-8-20/h4-14,16,22H,15H2,1-3H3,(H,24,25). The van der Waals surface area contributed by atoms with Crippen LogP contribution in [0.15, 0.2) is 65.3 Å². The maximum absolute atomic E-state index is 11.8. The van der Waals surface area contributed by atoms with Crippen LogP contribution in [0.3, 0.4) is 0 Å². The molecule has 4 heteroatoms. The van der Waals surface area contributed by atoms with Gasteiger partial charge in [0.05, 0.1) is 12.8 Å². The van der Waals surface area contributed by atoms with E-state index < -0.39 is 0 Å². The molecule has 130 valence electrons. The number of anilines is 1. The summed E-state index contributed by atoms with van der Waals surface area (Å²) in [5.74, 6) is 0.342. The largest absolute Gasteiger partial charge is 0.376 e. The topological polar surface area (TPSA) is 53.5 Å². The number of carbonyl (C=O) groups excluding carboxylic acids is 1. The molecule has 2 aromatic rings. The Morgan fingerprint density at radius 3 is 2.40 bits per heavy atom. The highest BCUT2D eigenvalue weighted by Crippen LogP contribution is 2.15. The van der Waals surface area contributed by atoms with Gasteiger partial charge in [-0.1, -0.05) is 62.4 Å². The van der Waals surface area contributed by atoms with Gasteiger partial charge in [-0.25, -0.2) is 5.43 Å². The summed E-state index contributed by atoms with van der Waals surface area (Å²) in [5.41, 5.74) is 6.83. The fourth-order valence-electron chi connectivity index (χ4n) is 2.26. The van der Waals surface area contributed by atoms with Gasteiger partial charge < -0.3 is 5.32 Å². The minimum Gasteiger partial charge on any atom is -0.376 e. The summed E-state index contributed by atoms with van der Waals surface area (Å²) >= 11 is 0. The minimum absolute atomic E-state index is 0.181. The summed E-state index contributed by atoms with van der Waals surface area (Å²) in [5, 5.41) is 7.03. The molecule has 0 saturated heterocycles. The molecule has 2 aromatic carbocycles. The predicted molar refractivity (Wildman–Crippen MR) is 106 cm³/mol. The Hall–Kier alpha value is -2.88. The zero-order valence-electron chi connectivity index (χ0n) is 15.0. The normalized spacial score (nSPS) is 11.8. The van der Waals surface area contributed by atoms with Gasteiger partial charge in [0.1, 0.15) is 0 Å². The highest BCUT2D eigenvalue weighted by atomic mass is 16.2. The van der Waals surface area contributed by atoms with Gasteiger partial charge in [0, 0.05) is 5.69 Å². The van der Waals surface area contributed by atoms with E-state index in [0.29, 0.717) is 5.92 Å². The summed E-state index contributed by atoms with van der Waals surface area (Å²) in [6.07, 6.45) is 3.68. The fourth-order valence-corrected chi connectivity index (χ4v) is 2.26. The second kappa shape index (κ2) is 9.42. The SMILES string of the molecule is CC(C=NNC(=O)CNc1ccccc1)=Cc1ccc(C(C)C)cc1. The van der Waals surface area contributed by atoms with E-state index in [9.17, 15) is 4.79 Å². The number of amides is 1. The van der Waals surface area contributed by atoms with Gasteiger partial charge in [-0.15, -0.1) is 0 Å². The molecule has 0 aromatic heterocycles. The number of rotatable bonds is 7. The molecule has 0 heterocycles. The van der Waals surface area contributed by atoms with Gasteiger partial charge in [-0.3, -0.25) is 4.79 Å². The van der Waals surface area contributed by atoms with Gasteiger partial charge in [0.15, 0.2) is 0 Å². The Morgan fingerprint density at radius 2 is 1.76 bits per heavy atom. The number of hydrogen-bond acceptors (Lipinski definition) is 3. The highest BCUT2D eigenvalue weighted by molar-refractivity contribution is 5.87. The average Bonchev–Trinajstić information content (AvgIpc) is 2.61. The first kappa shape index (κ1) is 18.5. The van der Waals surface area contributed by atoms with Gasteiger partial charge >= 0.3 is 0 Å². The van der Waals surface area contributed by atoms with Crippen LogP contribution in [0, 0.1) is 0 Å². The molecule has 0 spiro atoms. The summed E-state index contributed by atoms with van der Waals surface area (Å²) in [6, 6.07) is 18.0. The fraction of sp³-hybridized carbons (Fsp3) is 0.238. The number of hydrazone groups is 1. The molecule has 0 atom stereocenters. The van der Waals surface area contributed by atoms with E-state index in [1.807, 2.05) is 43.3 Å². The Bertz CT molecular complexity index is 731. The third-order valence-electron chi connectivity index (χ3n) is 3.68. The van der Waals surface area contributed by atoms with Crippen molar-refractivity contribution in [3.8, 4) is 0 Å². The van der Waals surface area contributed by atoms with Crippen molar-refractivity contribution in [2.24, 2.45) is 5.10 Å². The second-order valence-electron chi connectivity index (χ2n) is 6.22. The van der Waals surface area contributed by atoms with Crippen LogP contribution in [0.25, 0.3) is 6.08 Å². The number of nitrogens with zero attached hydrogens (tertiary/aromatic N) is 1. The van der Waals surface area contributed by atoms with Crippen molar-refractivity contribution in [3.63, 3.8) is 0 Å².